The smallest absolute Gasteiger partial charge is 0.270 e. The molecule has 8 nitrogen and oxygen atoms in total. The number of sulfonamides is 1. The number of nitro groups is 1. The molecule has 2 heterocycles. The molecule has 27 heavy (non-hydrogen) atoms. The van der Waals surface area contributed by atoms with Gasteiger partial charge in [0.05, 0.1) is 10.6 Å². The number of non-ortho nitro benzene ring substituents is 1. The van der Waals surface area contributed by atoms with Crippen LogP contribution >= 0.6 is 0 Å². The van der Waals surface area contributed by atoms with Gasteiger partial charge in [0.25, 0.3) is 5.69 Å². The molecule has 1 aromatic rings. The van der Waals surface area contributed by atoms with Crippen LogP contribution in [0.4, 0.5) is 11.4 Å². The number of nitro benzene ring substituents is 1. The normalized spacial score (nSPS) is 20.3. The van der Waals surface area contributed by atoms with Gasteiger partial charge in [-0.25, -0.2) is 8.42 Å². The molecule has 0 amide bonds. The molecule has 0 spiro atoms. The lowest BCUT2D eigenvalue weighted by atomic mass is 10.0. The Morgan fingerprint density at radius 2 is 1.78 bits per heavy atom. The molecule has 0 aliphatic carbocycles. The van der Waals surface area contributed by atoms with Crippen molar-refractivity contribution in [3.8, 4) is 0 Å². The first-order valence-corrected chi connectivity index (χ1v) is 11.0. The summed E-state index contributed by atoms with van der Waals surface area (Å²) >= 11 is 0. The molecule has 3 rings (SSSR count). The van der Waals surface area contributed by atoms with Crippen molar-refractivity contribution in [1.29, 1.82) is 0 Å². The molecule has 1 aromatic carbocycles. The number of hydrogen-bond donors (Lipinski definition) is 1. The van der Waals surface area contributed by atoms with E-state index in [0.29, 0.717) is 24.8 Å². The summed E-state index contributed by atoms with van der Waals surface area (Å²) in [4.78, 5) is 13.0. The van der Waals surface area contributed by atoms with Crippen molar-refractivity contribution < 1.29 is 13.3 Å². The van der Waals surface area contributed by atoms with Crippen LogP contribution < -0.4 is 5.32 Å². The van der Waals surface area contributed by atoms with Crippen molar-refractivity contribution in [2.75, 3.05) is 31.5 Å². The number of rotatable bonds is 6. The average Bonchev–Trinajstić information content (AvgIpc) is 3.17. The summed E-state index contributed by atoms with van der Waals surface area (Å²) in [6.45, 7) is 7.19. The maximum atomic E-state index is 13.1. The van der Waals surface area contributed by atoms with Crippen LogP contribution in [0.15, 0.2) is 23.1 Å². The molecule has 0 aromatic heterocycles. The van der Waals surface area contributed by atoms with Crippen molar-refractivity contribution in [2.24, 2.45) is 0 Å². The Hall–Kier alpha value is -1.71. The van der Waals surface area contributed by atoms with E-state index in [2.05, 4.69) is 24.1 Å². The predicted molar refractivity (Wildman–Crippen MR) is 104 cm³/mol. The Balaban J connectivity index is 1.85. The molecule has 2 saturated heterocycles. The zero-order chi connectivity index (χ0) is 19.6. The Morgan fingerprint density at radius 1 is 1.15 bits per heavy atom. The van der Waals surface area contributed by atoms with Crippen LogP contribution in [0.3, 0.4) is 0 Å². The third kappa shape index (κ3) is 4.41. The van der Waals surface area contributed by atoms with Crippen molar-refractivity contribution in [2.45, 2.75) is 56.5 Å². The third-order valence-electron chi connectivity index (χ3n) is 5.48. The van der Waals surface area contributed by atoms with Gasteiger partial charge in [0, 0.05) is 50.4 Å². The molecule has 0 saturated carbocycles. The van der Waals surface area contributed by atoms with Crippen LogP contribution in [0.2, 0.25) is 0 Å². The first-order chi connectivity index (χ1) is 12.8. The predicted octanol–water partition coefficient (Wildman–Crippen LogP) is 2.66. The molecule has 1 N–H and O–H groups in total. The maximum absolute atomic E-state index is 13.1. The number of nitrogens with zero attached hydrogens (tertiary/aromatic N) is 3. The lowest BCUT2D eigenvalue weighted by molar-refractivity contribution is -0.385. The van der Waals surface area contributed by atoms with E-state index in [-0.39, 0.29) is 16.6 Å². The lowest BCUT2D eigenvalue weighted by Gasteiger charge is -2.35. The Bertz CT molecular complexity index is 783. The van der Waals surface area contributed by atoms with Gasteiger partial charge in [0.1, 0.15) is 4.90 Å². The summed E-state index contributed by atoms with van der Waals surface area (Å²) in [6.07, 6.45) is 3.48. The van der Waals surface area contributed by atoms with Gasteiger partial charge >= 0.3 is 0 Å². The van der Waals surface area contributed by atoms with Crippen LogP contribution in [-0.2, 0) is 10.0 Å². The van der Waals surface area contributed by atoms with E-state index in [4.69, 9.17) is 0 Å². The van der Waals surface area contributed by atoms with E-state index in [1.165, 1.54) is 22.5 Å². The molecule has 0 atom stereocenters. The Labute approximate surface area is 160 Å². The number of anilines is 1. The van der Waals surface area contributed by atoms with Gasteiger partial charge in [-0.15, -0.1) is 0 Å². The molecule has 0 radical (unpaired) electrons. The fourth-order valence-electron chi connectivity index (χ4n) is 3.80. The van der Waals surface area contributed by atoms with Gasteiger partial charge in [-0.1, -0.05) is 0 Å². The van der Waals surface area contributed by atoms with Crippen LogP contribution in [0.5, 0.6) is 0 Å². The number of benzene rings is 1. The zero-order valence-corrected chi connectivity index (χ0v) is 16.7. The molecule has 2 aliphatic heterocycles. The number of likely N-dealkylation sites (tertiary alicyclic amines) is 1. The maximum Gasteiger partial charge on any atom is 0.270 e. The molecule has 9 heteroatoms. The number of hydrogen-bond acceptors (Lipinski definition) is 6. The SMILES string of the molecule is CC(C)N1CCC(Nc2ccc([N+](=O)[O-])cc2S(=O)(=O)N2CCCC2)CC1. The Morgan fingerprint density at radius 3 is 2.33 bits per heavy atom. The van der Waals surface area contributed by atoms with Gasteiger partial charge in [0.2, 0.25) is 10.0 Å². The number of piperidine rings is 1. The topological polar surface area (TPSA) is 95.8 Å². The minimum atomic E-state index is -3.74. The van der Waals surface area contributed by atoms with Crippen molar-refractivity contribution in [3.05, 3.63) is 28.3 Å². The molecule has 0 bridgehead atoms. The van der Waals surface area contributed by atoms with Gasteiger partial charge in [0.15, 0.2) is 0 Å². The second-order valence-electron chi connectivity index (χ2n) is 7.60. The monoisotopic (exact) mass is 396 g/mol. The highest BCUT2D eigenvalue weighted by atomic mass is 32.2. The molecular formula is C18H28N4O4S. The first-order valence-electron chi connectivity index (χ1n) is 9.58. The zero-order valence-electron chi connectivity index (χ0n) is 15.9. The van der Waals surface area contributed by atoms with Crippen molar-refractivity contribution in [3.63, 3.8) is 0 Å². The molecule has 2 fully saturated rings. The summed E-state index contributed by atoms with van der Waals surface area (Å²) in [5.74, 6) is 0. The minimum Gasteiger partial charge on any atom is -0.381 e. The average molecular weight is 397 g/mol. The highest BCUT2D eigenvalue weighted by Gasteiger charge is 2.32. The molecule has 2 aliphatic rings. The third-order valence-corrected chi connectivity index (χ3v) is 7.42. The summed E-state index contributed by atoms with van der Waals surface area (Å²) in [5.41, 5.74) is 0.267. The molecule has 0 unspecified atom stereocenters. The van der Waals surface area contributed by atoms with E-state index >= 15 is 0 Å². The summed E-state index contributed by atoms with van der Waals surface area (Å²) in [5, 5.41) is 14.5. The number of nitrogens with one attached hydrogen (secondary N) is 1. The van der Waals surface area contributed by atoms with Gasteiger partial charge < -0.3 is 10.2 Å². The van der Waals surface area contributed by atoms with Gasteiger partial charge in [-0.05, 0) is 45.6 Å². The standard InChI is InChI=1S/C18H28N4O4S/c1-14(2)20-11-7-15(8-12-20)19-17-6-5-16(22(23)24)13-18(17)27(25,26)21-9-3-4-10-21/h5-6,13-15,19H,3-4,7-12H2,1-2H3. The molecular weight excluding hydrogens is 368 g/mol. The fraction of sp³-hybridized carbons (Fsp3) is 0.667. The van der Waals surface area contributed by atoms with E-state index < -0.39 is 14.9 Å². The highest BCUT2D eigenvalue weighted by Crippen LogP contribution is 2.32. The first kappa shape index (κ1) is 20.0. The largest absolute Gasteiger partial charge is 0.381 e. The Kier molecular flexibility index (Phi) is 6.02. The van der Waals surface area contributed by atoms with Gasteiger partial charge in [-0.2, -0.15) is 4.31 Å². The van der Waals surface area contributed by atoms with Crippen LogP contribution in [-0.4, -0.2) is 60.8 Å². The van der Waals surface area contributed by atoms with E-state index in [9.17, 15) is 18.5 Å². The van der Waals surface area contributed by atoms with Crippen molar-refractivity contribution >= 4 is 21.4 Å². The highest BCUT2D eigenvalue weighted by molar-refractivity contribution is 7.89. The van der Waals surface area contributed by atoms with Crippen LogP contribution in [0.1, 0.15) is 39.5 Å². The minimum absolute atomic E-state index is 0.0184. The van der Waals surface area contributed by atoms with Gasteiger partial charge in [-0.3, -0.25) is 10.1 Å². The summed E-state index contributed by atoms with van der Waals surface area (Å²) in [6, 6.07) is 4.76. The lowest BCUT2D eigenvalue weighted by Crippen LogP contribution is -2.42. The van der Waals surface area contributed by atoms with E-state index in [0.717, 1.165) is 38.8 Å². The quantitative estimate of drug-likeness (QED) is 0.587. The van der Waals surface area contributed by atoms with E-state index in [1.54, 1.807) is 0 Å². The van der Waals surface area contributed by atoms with E-state index in [1.807, 2.05) is 0 Å². The second kappa shape index (κ2) is 8.12. The second-order valence-corrected chi connectivity index (χ2v) is 9.50. The van der Waals surface area contributed by atoms with Crippen LogP contribution in [0, 0.1) is 10.1 Å². The summed E-state index contributed by atoms with van der Waals surface area (Å²) in [7, 11) is -3.74. The molecule has 150 valence electrons. The summed E-state index contributed by atoms with van der Waals surface area (Å²) < 4.78 is 27.6. The fourth-order valence-corrected chi connectivity index (χ4v) is 5.50. The van der Waals surface area contributed by atoms with Crippen molar-refractivity contribution in [1.82, 2.24) is 9.21 Å². The van der Waals surface area contributed by atoms with Crippen LogP contribution in [0.25, 0.3) is 0 Å².